The van der Waals surface area contributed by atoms with E-state index in [-0.39, 0.29) is 5.54 Å². The zero-order valence-corrected chi connectivity index (χ0v) is 16.4. The third-order valence-electron chi connectivity index (χ3n) is 8.55. The lowest BCUT2D eigenvalue weighted by Crippen LogP contribution is -2.84. The Bertz CT molecular complexity index is 874. The van der Waals surface area contributed by atoms with Gasteiger partial charge in [-0.05, 0) is 80.2 Å². The highest BCUT2D eigenvalue weighted by atomic mass is 15.3. The summed E-state index contributed by atoms with van der Waals surface area (Å²) >= 11 is 0. The molecule has 2 heterocycles. The molecule has 6 unspecified atom stereocenters. The molecule has 7 saturated carbocycles. The van der Waals surface area contributed by atoms with E-state index >= 15 is 0 Å². The first kappa shape index (κ1) is 15.5. The van der Waals surface area contributed by atoms with Gasteiger partial charge in [-0.2, -0.15) is 5.10 Å². The molecule has 0 radical (unpaired) electrons. The number of nitrogens with zero attached hydrogens (tertiary/aromatic N) is 3. The number of nitrogens with one attached hydrogen (secondary N) is 1. The van der Waals surface area contributed by atoms with Gasteiger partial charge in [0.2, 0.25) is 0 Å². The van der Waals surface area contributed by atoms with E-state index in [1.807, 2.05) is 11.7 Å². The molecular formula is C22H30N4. The van der Waals surface area contributed by atoms with Gasteiger partial charge in [-0.25, -0.2) is 0 Å². The lowest BCUT2D eigenvalue weighted by molar-refractivity contribution is -0.346. The maximum atomic E-state index is 4.59. The van der Waals surface area contributed by atoms with Crippen LogP contribution < -0.4 is 5.32 Å². The van der Waals surface area contributed by atoms with Gasteiger partial charge in [0.05, 0.1) is 6.20 Å². The molecule has 6 atom stereocenters. The average molecular weight is 351 g/mol. The van der Waals surface area contributed by atoms with Crippen LogP contribution in [-0.4, -0.2) is 20.4 Å². The Morgan fingerprint density at radius 2 is 2.00 bits per heavy atom. The molecule has 0 amide bonds. The minimum atomic E-state index is -0.0766. The number of aryl methyl sites for hydroxylation is 1. The molecule has 0 saturated heterocycles. The SMILES string of the molecule is Cn1ncc(C(C)(C)NC2C3CC4CC5(C)CC2(C4)C35)c1-n1cccc1. The predicted octanol–water partition coefficient (Wildman–Crippen LogP) is 3.86. The van der Waals surface area contributed by atoms with Crippen LogP contribution >= 0.6 is 0 Å². The van der Waals surface area contributed by atoms with E-state index in [1.165, 1.54) is 37.1 Å². The minimum Gasteiger partial charge on any atom is -0.309 e. The van der Waals surface area contributed by atoms with E-state index in [2.05, 4.69) is 66.5 Å². The van der Waals surface area contributed by atoms with Gasteiger partial charge in [-0.3, -0.25) is 4.68 Å². The molecule has 1 N–H and O–H groups in total. The summed E-state index contributed by atoms with van der Waals surface area (Å²) in [4.78, 5) is 0. The van der Waals surface area contributed by atoms with Crippen molar-refractivity contribution < 1.29 is 0 Å². The first-order valence-corrected chi connectivity index (χ1v) is 10.3. The highest BCUT2D eigenvalue weighted by molar-refractivity contribution is 5.40. The van der Waals surface area contributed by atoms with Crippen LogP contribution in [0.1, 0.15) is 52.0 Å². The summed E-state index contributed by atoms with van der Waals surface area (Å²) in [5, 5.41) is 8.73. The normalized spacial score (nSPS) is 42.5. The Morgan fingerprint density at radius 3 is 2.69 bits per heavy atom. The van der Waals surface area contributed by atoms with E-state index < -0.39 is 0 Å². The van der Waals surface area contributed by atoms with E-state index in [4.69, 9.17) is 0 Å². The number of aromatic nitrogens is 3. The van der Waals surface area contributed by atoms with Crippen LogP contribution in [0.5, 0.6) is 0 Å². The maximum Gasteiger partial charge on any atom is 0.139 e. The van der Waals surface area contributed by atoms with Gasteiger partial charge in [0.25, 0.3) is 0 Å². The third kappa shape index (κ3) is 1.64. The maximum absolute atomic E-state index is 4.59. The zero-order chi connectivity index (χ0) is 17.9. The van der Waals surface area contributed by atoms with Crippen molar-refractivity contribution in [2.24, 2.45) is 35.6 Å². The molecule has 5 bridgehead atoms. The summed E-state index contributed by atoms with van der Waals surface area (Å²) in [7, 11) is 2.04. The lowest BCUT2D eigenvalue weighted by Gasteiger charge is -2.85. The number of rotatable bonds is 4. The van der Waals surface area contributed by atoms with Crippen LogP contribution in [0.15, 0.2) is 30.7 Å². The smallest absolute Gasteiger partial charge is 0.139 e. The van der Waals surface area contributed by atoms with Gasteiger partial charge in [-0.15, -0.1) is 0 Å². The fraction of sp³-hybridized carbons (Fsp3) is 0.682. The van der Waals surface area contributed by atoms with Crippen molar-refractivity contribution in [2.45, 2.75) is 58.0 Å². The second-order valence-electron chi connectivity index (χ2n) is 10.6. The summed E-state index contributed by atoms with van der Waals surface area (Å²) in [6.07, 6.45) is 12.2. The molecule has 4 nitrogen and oxygen atoms in total. The van der Waals surface area contributed by atoms with Crippen LogP contribution in [-0.2, 0) is 12.6 Å². The molecule has 0 aromatic carbocycles. The lowest BCUT2D eigenvalue weighted by atomic mass is 9.21. The highest BCUT2D eigenvalue weighted by Gasteiger charge is 2.80. The van der Waals surface area contributed by atoms with E-state index in [1.54, 1.807) is 0 Å². The van der Waals surface area contributed by atoms with E-state index in [9.17, 15) is 0 Å². The molecule has 138 valence electrons. The molecule has 7 fully saturated rings. The predicted molar refractivity (Wildman–Crippen MR) is 102 cm³/mol. The first-order chi connectivity index (χ1) is 12.3. The monoisotopic (exact) mass is 350 g/mol. The Hall–Kier alpha value is -1.55. The summed E-state index contributed by atoms with van der Waals surface area (Å²) in [5.74, 6) is 4.10. The van der Waals surface area contributed by atoms with Gasteiger partial charge in [0.15, 0.2) is 0 Å². The Labute approximate surface area is 156 Å². The number of hydrogen-bond acceptors (Lipinski definition) is 2. The molecule has 1 spiro atoms. The topological polar surface area (TPSA) is 34.8 Å². The minimum absolute atomic E-state index is 0.0766. The van der Waals surface area contributed by atoms with Crippen molar-refractivity contribution >= 4 is 0 Å². The average Bonchev–Trinajstić information content (AvgIpc) is 3.20. The molecule has 0 aliphatic heterocycles. The van der Waals surface area contributed by atoms with E-state index in [0.717, 1.165) is 17.8 Å². The van der Waals surface area contributed by atoms with Crippen molar-refractivity contribution in [3.63, 3.8) is 0 Å². The molecule has 26 heavy (non-hydrogen) atoms. The van der Waals surface area contributed by atoms with Crippen molar-refractivity contribution in [3.8, 4) is 5.82 Å². The van der Waals surface area contributed by atoms with Crippen LogP contribution in [0, 0.1) is 28.6 Å². The Kier molecular flexibility index (Phi) is 2.66. The summed E-state index contributed by atoms with van der Waals surface area (Å²) < 4.78 is 4.19. The Morgan fingerprint density at radius 1 is 1.23 bits per heavy atom. The van der Waals surface area contributed by atoms with Crippen LogP contribution in [0.4, 0.5) is 0 Å². The molecule has 7 aliphatic rings. The van der Waals surface area contributed by atoms with Gasteiger partial charge in [0, 0.05) is 36.6 Å². The van der Waals surface area contributed by atoms with Crippen LogP contribution in [0.2, 0.25) is 0 Å². The van der Waals surface area contributed by atoms with Gasteiger partial charge < -0.3 is 9.88 Å². The van der Waals surface area contributed by atoms with Crippen LogP contribution in [0.25, 0.3) is 5.82 Å². The van der Waals surface area contributed by atoms with E-state index in [0.29, 0.717) is 16.9 Å². The summed E-state index contributed by atoms with van der Waals surface area (Å²) in [6.45, 7) is 7.26. The summed E-state index contributed by atoms with van der Waals surface area (Å²) in [6, 6.07) is 4.86. The summed E-state index contributed by atoms with van der Waals surface area (Å²) in [5.41, 5.74) is 2.52. The third-order valence-corrected chi connectivity index (χ3v) is 8.55. The molecular weight excluding hydrogens is 320 g/mol. The fourth-order valence-corrected chi connectivity index (χ4v) is 8.27. The van der Waals surface area contributed by atoms with Gasteiger partial charge in [-0.1, -0.05) is 6.92 Å². The molecule has 2 aromatic rings. The quantitative estimate of drug-likeness (QED) is 0.909. The van der Waals surface area contributed by atoms with Crippen molar-refractivity contribution in [3.05, 3.63) is 36.3 Å². The van der Waals surface area contributed by atoms with Crippen molar-refractivity contribution in [1.29, 1.82) is 0 Å². The highest BCUT2D eigenvalue weighted by Crippen LogP contribution is 2.84. The van der Waals surface area contributed by atoms with Gasteiger partial charge >= 0.3 is 0 Å². The second-order valence-corrected chi connectivity index (χ2v) is 10.6. The molecule has 7 aliphatic carbocycles. The van der Waals surface area contributed by atoms with Gasteiger partial charge in [0.1, 0.15) is 5.82 Å². The first-order valence-electron chi connectivity index (χ1n) is 10.3. The second kappa shape index (κ2) is 4.46. The largest absolute Gasteiger partial charge is 0.309 e. The Balaban J connectivity index is 1.33. The fourth-order valence-electron chi connectivity index (χ4n) is 8.27. The molecule has 4 heteroatoms. The zero-order valence-electron chi connectivity index (χ0n) is 16.4. The molecule has 9 rings (SSSR count). The van der Waals surface area contributed by atoms with Crippen LogP contribution in [0.3, 0.4) is 0 Å². The molecule has 2 aromatic heterocycles. The van der Waals surface area contributed by atoms with Crippen molar-refractivity contribution in [2.75, 3.05) is 0 Å². The number of hydrogen-bond donors (Lipinski definition) is 1. The van der Waals surface area contributed by atoms with Crippen molar-refractivity contribution in [1.82, 2.24) is 19.7 Å². The standard InChI is InChI=1S/C22H30N4/c1-20(2,16-12-23-25(4)19(16)26-7-5-6-8-26)24-18-15-9-14-10-21(3)13-22(18,11-14)17(15)21/h5-8,12,14-15,17-18,24H,9-11,13H2,1-4H3.